The number of hydrogen-bond acceptors (Lipinski definition) is 2. The summed E-state index contributed by atoms with van der Waals surface area (Å²) in [6.07, 6.45) is 6.79. The first-order valence-corrected chi connectivity index (χ1v) is 7.01. The number of thiophene rings is 1. The van der Waals surface area contributed by atoms with Gasteiger partial charge in [-0.1, -0.05) is 13.3 Å². The lowest BCUT2D eigenvalue weighted by Gasteiger charge is -2.42. The molecule has 0 aliphatic heterocycles. The molecule has 15 heavy (non-hydrogen) atoms. The molecule has 0 spiro atoms. The van der Waals surface area contributed by atoms with Gasteiger partial charge in [0.25, 0.3) is 0 Å². The van der Waals surface area contributed by atoms with Crippen molar-refractivity contribution in [1.29, 1.82) is 0 Å². The van der Waals surface area contributed by atoms with Crippen LogP contribution < -0.4 is 5.32 Å². The molecule has 1 heterocycles. The van der Waals surface area contributed by atoms with Gasteiger partial charge in [-0.3, -0.25) is 0 Å². The van der Waals surface area contributed by atoms with Crippen LogP contribution in [0.15, 0.2) is 16.8 Å². The second kappa shape index (κ2) is 5.13. The van der Waals surface area contributed by atoms with Gasteiger partial charge in [0.1, 0.15) is 0 Å². The Balaban J connectivity index is 1.85. The van der Waals surface area contributed by atoms with Crippen LogP contribution in [0.25, 0.3) is 0 Å². The van der Waals surface area contributed by atoms with Crippen LogP contribution in [0.2, 0.25) is 0 Å². The van der Waals surface area contributed by atoms with Crippen LogP contribution in [0.1, 0.15) is 38.2 Å². The lowest BCUT2D eigenvalue weighted by Crippen LogP contribution is -2.41. The third-order valence-corrected chi connectivity index (χ3v) is 4.23. The van der Waals surface area contributed by atoms with Crippen molar-refractivity contribution < 1.29 is 0 Å². The first-order valence-electron chi connectivity index (χ1n) is 6.06. The smallest absolute Gasteiger partial charge is 0.00110 e. The molecule has 0 saturated heterocycles. The third kappa shape index (κ3) is 2.82. The summed E-state index contributed by atoms with van der Waals surface area (Å²) in [5.74, 6) is 0. The Kier molecular flexibility index (Phi) is 3.81. The van der Waals surface area contributed by atoms with Crippen LogP contribution in [0, 0.1) is 5.41 Å². The third-order valence-electron chi connectivity index (χ3n) is 3.50. The van der Waals surface area contributed by atoms with Crippen molar-refractivity contribution in [1.82, 2.24) is 5.32 Å². The molecule has 1 saturated carbocycles. The van der Waals surface area contributed by atoms with E-state index in [-0.39, 0.29) is 0 Å². The molecule has 1 aromatic rings. The molecule has 0 radical (unpaired) electrons. The van der Waals surface area contributed by atoms with Gasteiger partial charge in [0.05, 0.1) is 0 Å². The summed E-state index contributed by atoms with van der Waals surface area (Å²) in [4.78, 5) is 0. The molecule has 0 amide bonds. The topological polar surface area (TPSA) is 12.0 Å². The van der Waals surface area contributed by atoms with E-state index >= 15 is 0 Å². The Bertz CT molecular complexity index is 275. The highest BCUT2D eigenvalue weighted by atomic mass is 32.1. The Morgan fingerprint density at radius 3 is 2.87 bits per heavy atom. The minimum absolute atomic E-state index is 0.593. The summed E-state index contributed by atoms with van der Waals surface area (Å²) in [5.41, 5.74) is 2.13. The zero-order chi connectivity index (χ0) is 10.6. The van der Waals surface area contributed by atoms with Crippen LogP contribution in [0.4, 0.5) is 0 Å². The highest BCUT2D eigenvalue weighted by Crippen LogP contribution is 2.43. The Hall–Kier alpha value is -0.340. The van der Waals surface area contributed by atoms with Crippen LogP contribution in [-0.4, -0.2) is 13.1 Å². The van der Waals surface area contributed by atoms with E-state index in [1.165, 1.54) is 50.8 Å². The maximum atomic E-state index is 3.59. The average molecular weight is 223 g/mol. The van der Waals surface area contributed by atoms with E-state index in [2.05, 4.69) is 29.1 Å². The molecular formula is C13H21NS. The molecule has 0 aromatic carbocycles. The van der Waals surface area contributed by atoms with Gasteiger partial charge in [0.2, 0.25) is 0 Å². The van der Waals surface area contributed by atoms with Crippen molar-refractivity contribution in [2.75, 3.05) is 13.1 Å². The van der Waals surface area contributed by atoms with Gasteiger partial charge >= 0.3 is 0 Å². The molecule has 1 aromatic heterocycles. The molecule has 2 rings (SSSR count). The molecule has 1 nitrogen and oxygen atoms in total. The molecule has 1 fully saturated rings. The number of rotatable bonds is 6. The van der Waals surface area contributed by atoms with Gasteiger partial charge in [-0.2, -0.15) is 11.3 Å². The Morgan fingerprint density at radius 2 is 2.33 bits per heavy atom. The standard InChI is InChI=1S/C13H21NS/c1-2-7-14-11-13(5-3-6-13)9-12-4-8-15-10-12/h4,8,10,14H,2-3,5-7,9,11H2,1H3. The van der Waals surface area contributed by atoms with E-state index in [9.17, 15) is 0 Å². The lowest BCUT2D eigenvalue weighted by atomic mass is 9.65. The predicted molar refractivity (Wildman–Crippen MR) is 67.5 cm³/mol. The number of hydrogen-bond donors (Lipinski definition) is 1. The fraction of sp³-hybridized carbons (Fsp3) is 0.692. The minimum Gasteiger partial charge on any atom is -0.316 e. The highest BCUT2D eigenvalue weighted by molar-refractivity contribution is 7.07. The quantitative estimate of drug-likeness (QED) is 0.728. The molecule has 0 atom stereocenters. The maximum absolute atomic E-state index is 3.59. The molecule has 84 valence electrons. The molecule has 1 N–H and O–H groups in total. The second-order valence-corrected chi connectivity index (χ2v) is 5.62. The van der Waals surface area contributed by atoms with E-state index in [0.717, 1.165) is 0 Å². The fourth-order valence-electron chi connectivity index (χ4n) is 2.45. The van der Waals surface area contributed by atoms with Gasteiger partial charge in [0, 0.05) is 6.54 Å². The first-order chi connectivity index (χ1) is 7.35. The van der Waals surface area contributed by atoms with E-state index in [0.29, 0.717) is 5.41 Å². The highest BCUT2D eigenvalue weighted by Gasteiger charge is 2.36. The van der Waals surface area contributed by atoms with Gasteiger partial charge in [-0.25, -0.2) is 0 Å². The van der Waals surface area contributed by atoms with Gasteiger partial charge in [0.15, 0.2) is 0 Å². The maximum Gasteiger partial charge on any atom is 0.00110 e. The molecule has 0 unspecified atom stereocenters. The predicted octanol–water partition coefficient (Wildman–Crippen LogP) is 3.46. The van der Waals surface area contributed by atoms with Crippen molar-refractivity contribution >= 4 is 11.3 Å². The SMILES string of the molecule is CCCNCC1(Cc2ccsc2)CCC1. The fourth-order valence-corrected chi connectivity index (χ4v) is 3.12. The van der Waals surface area contributed by atoms with Crippen molar-refractivity contribution in [3.63, 3.8) is 0 Å². The van der Waals surface area contributed by atoms with Crippen LogP contribution in [0.5, 0.6) is 0 Å². The average Bonchev–Trinajstić information content (AvgIpc) is 2.66. The summed E-state index contributed by atoms with van der Waals surface area (Å²) in [6, 6.07) is 2.28. The van der Waals surface area contributed by atoms with E-state index in [4.69, 9.17) is 0 Å². The van der Waals surface area contributed by atoms with Crippen molar-refractivity contribution in [2.24, 2.45) is 5.41 Å². The van der Waals surface area contributed by atoms with Gasteiger partial charge < -0.3 is 5.32 Å². The summed E-state index contributed by atoms with van der Waals surface area (Å²) < 4.78 is 0. The van der Waals surface area contributed by atoms with Crippen LogP contribution in [0.3, 0.4) is 0 Å². The normalized spacial score (nSPS) is 18.7. The van der Waals surface area contributed by atoms with E-state index in [1.807, 2.05) is 11.3 Å². The summed E-state index contributed by atoms with van der Waals surface area (Å²) in [7, 11) is 0. The molecule has 1 aliphatic carbocycles. The molecular weight excluding hydrogens is 202 g/mol. The van der Waals surface area contributed by atoms with E-state index < -0.39 is 0 Å². The van der Waals surface area contributed by atoms with Gasteiger partial charge in [-0.15, -0.1) is 0 Å². The van der Waals surface area contributed by atoms with E-state index in [1.54, 1.807) is 0 Å². The summed E-state index contributed by atoms with van der Waals surface area (Å²) in [6.45, 7) is 4.63. The van der Waals surface area contributed by atoms with Crippen molar-refractivity contribution in [2.45, 2.75) is 39.0 Å². The Morgan fingerprint density at radius 1 is 1.47 bits per heavy atom. The number of nitrogens with one attached hydrogen (secondary N) is 1. The van der Waals surface area contributed by atoms with Crippen molar-refractivity contribution in [3.05, 3.63) is 22.4 Å². The van der Waals surface area contributed by atoms with Gasteiger partial charge in [-0.05, 0) is 60.0 Å². The molecule has 1 aliphatic rings. The summed E-state index contributed by atoms with van der Waals surface area (Å²) >= 11 is 1.82. The second-order valence-electron chi connectivity index (χ2n) is 4.84. The Labute approximate surface area is 96.9 Å². The van der Waals surface area contributed by atoms with Crippen LogP contribution in [-0.2, 0) is 6.42 Å². The summed E-state index contributed by atoms with van der Waals surface area (Å²) in [5, 5.41) is 8.09. The largest absolute Gasteiger partial charge is 0.316 e. The minimum atomic E-state index is 0.593. The zero-order valence-electron chi connectivity index (χ0n) is 9.59. The monoisotopic (exact) mass is 223 g/mol. The lowest BCUT2D eigenvalue weighted by molar-refractivity contribution is 0.130. The van der Waals surface area contributed by atoms with Crippen LogP contribution >= 0.6 is 11.3 Å². The zero-order valence-corrected chi connectivity index (χ0v) is 10.4. The van der Waals surface area contributed by atoms with Crippen molar-refractivity contribution in [3.8, 4) is 0 Å². The first kappa shape index (κ1) is 11.2. The molecule has 0 bridgehead atoms. The molecule has 2 heteroatoms.